The Morgan fingerprint density at radius 3 is 2.53 bits per heavy atom. The third-order valence-electron chi connectivity index (χ3n) is 5.52. The summed E-state index contributed by atoms with van der Waals surface area (Å²) in [6.45, 7) is 0.565. The van der Waals surface area contributed by atoms with Gasteiger partial charge in [0.1, 0.15) is 5.82 Å². The van der Waals surface area contributed by atoms with Crippen LogP contribution in [-0.4, -0.2) is 29.3 Å². The molecule has 0 atom stereocenters. The first-order valence-electron chi connectivity index (χ1n) is 10.6. The van der Waals surface area contributed by atoms with Crippen molar-refractivity contribution in [2.75, 3.05) is 11.6 Å². The van der Waals surface area contributed by atoms with E-state index in [-0.39, 0.29) is 10.7 Å². The van der Waals surface area contributed by atoms with Crippen LogP contribution in [0.4, 0.5) is 10.1 Å². The maximum atomic E-state index is 14.0. The lowest BCUT2D eigenvalue weighted by molar-refractivity contribution is 0.601. The van der Waals surface area contributed by atoms with Crippen LogP contribution in [0.15, 0.2) is 96.3 Å². The van der Waals surface area contributed by atoms with Gasteiger partial charge in [0.25, 0.3) is 0 Å². The van der Waals surface area contributed by atoms with E-state index < -0.39 is 9.84 Å². The third-order valence-corrected chi connectivity index (χ3v) is 6.60. The number of aromatic nitrogens is 3. The van der Waals surface area contributed by atoms with Gasteiger partial charge < -0.3 is 5.32 Å². The van der Waals surface area contributed by atoms with Crippen LogP contribution in [0.2, 0.25) is 0 Å². The van der Waals surface area contributed by atoms with E-state index in [1.54, 1.807) is 29.0 Å². The van der Waals surface area contributed by atoms with Crippen LogP contribution in [0.25, 0.3) is 27.9 Å². The zero-order valence-electron chi connectivity index (χ0n) is 18.3. The molecule has 5 aromatic rings. The average molecular weight is 473 g/mol. The Balaban J connectivity index is 1.66. The molecule has 34 heavy (non-hydrogen) atoms. The summed E-state index contributed by atoms with van der Waals surface area (Å²) in [5.74, 6) is -0.316. The van der Waals surface area contributed by atoms with Gasteiger partial charge in [0.15, 0.2) is 9.84 Å². The van der Waals surface area contributed by atoms with Gasteiger partial charge >= 0.3 is 0 Å². The summed E-state index contributed by atoms with van der Waals surface area (Å²) < 4.78 is 39.7. The van der Waals surface area contributed by atoms with E-state index in [4.69, 9.17) is 5.10 Å². The maximum absolute atomic E-state index is 14.0. The molecule has 170 valence electrons. The summed E-state index contributed by atoms with van der Waals surface area (Å²) >= 11 is 0. The van der Waals surface area contributed by atoms with Crippen molar-refractivity contribution in [2.45, 2.75) is 11.4 Å². The largest absolute Gasteiger partial charge is 0.379 e. The van der Waals surface area contributed by atoms with Crippen molar-refractivity contribution in [1.82, 2.24) is 14.6 Å². The summed E-state index contributed by atoms with van der Waals surface area (Å²) in [5.41, 5.74) is 5.37. The molecular formula is C26H21FN4O2S. The van der Waals surface area contributed by atoms with E-state index in [0.29, 0.717) is 17.8 Å². The number of sulfone groups is 1. The number of nitrogens with zero attached hydrogens (tertiary/aromatic N) is 3. The van der Waals surface area contributed by atoms with Gasteiger partial charge in [0.05, 0.1) is 21.8 Å². The number of benzene rings is 2. The highest BCUT2D eigenvalue weighted by Gasteiger charge is 2.16. The van der Waals surface area contributed by atoms with E-state index in [1.165, 1.54) is 18.3 Å². The molecule has 5 rings (SSSR count). The van der Waals surface area contributed by atoms with Crippen molar-refractivity contribution in [3.05, 3.63) is 103 Å². The lowest BCUT2D eigenvalue weighted by atomic mass is 10.1. The predicted molar refractivity (Wildman–Crippen MR) is 131 cm³/mol. The van der Waals surface area contributed by atoms with Crippen LogP contribution >= 0.6 is 0 Å². The molecule has 0 bridgehead atoms. The molecule has 6 nitrogen and oxygen atoms in total. The topological polar surface area (TPSA) is 76.4 Å². The van der Waals surface area contributed by atoms with E-state index in [9.17, 15) is 12.8 Å². The molecule has 0 aliphatic carbocycles. The Hall–Kier alpha value is -4.04. The summed E-state index contributed by atoms with van der Waals surface area (Å²) in [6.07, 6.45) is 5.86. The Labute approximate surface area is 196 Å². The molecule has 0 saturated heterocycles. The molecule has 0 aliphatic rings. The highest BCUT2D eigenvalue weighted by molar-refractivity contribution is 7.90. The normalized spacial score (nSPS) is 11.6. The monoisotopic (exact) mass is 472 g/mol. The fourth-order valence-electron chi connectivity index (χ4n) is 3.84. The molecule has 3 heterocycles. The number of rotatable bonds is 6. The molecule has 0 saturated carbocycles. The number of fused-ring (bicyclic) bond motifs is 1. The van der Waals surface area contributed by atoms with Crippen molar-refractivity contribution in [2.24, 2.45) is 0 Å². The van der Waals surface area contributed by atoms with Crippen LogP contribution in [0.1, 0.15) is 5.56 Å². The second-order valence-electron chi connectivity index (χ2n) is 8.00. The summed E-state index contributed by atoms with van der Waals surface area (Å²) in [6, 6.07) is 21.7. The summed E-state index contributed by atoms with van der Waals surface area (Å²) in [5, 5.41) is 8.18. The number of pyridine rings is 1. The molecule has 0 fully saturated rings. The number of nitrogens with one attached hydrogen (secondary N) is 1. The first kappa shape index (κ1) is 21.8. The van der Waals surface area contributed by atoms with Crippen molar-refractivity contribution in [3.8, 4) is 22.4 Å². The summed E-state index contributed by atoms with van der Waals surface area (Å²) in [4.78, 5) is 4.23. The lowest BCUT2D eigenvalue weighted by Gasteiger charge is -2.13. The van der Waals surface area contributed by atoms with Crippen molar-refractivity contribution < 1.29 is 12.8 Å². The number of halogens is 1. The minimum Gasteiger partial charge on any atom is -0.379 e. The van der Waals surface area contributed by atoms with Gasteiger partial charge in [-0.3, -0.25) is 4.98 Å². The fraction of sp³-hybridized carbons (Fsp3) is 0.0769. The number of hydrogen-bond donors (Lipinski definition) is 1. The quantitative estimate of drug-likeness (QED) is 0.367. The van der Waals surface area contributed by atoms with Gasteiger partial charge in [-0.1, -0.05) is 42.5 Å². The van der Waals surface area contributed by atoms with Crippen LogP contribution in [-0.2, 0) is 16.4 Å². The van der Waals surface area contributed by atoms with E-state index in [1.807, 2.05) is 48.5 Å². The molecule has 0 unspecified atom stereocenters. The number of hydrogen-bond acceptors (Lipinski definition) is 5. The lowest BCUT2D eigenvalue weighted by Crippen LogP contribution is -2.05. The summed E-state index contributed by atoms with van der Waals surface area (Å²) in [7, 11) is -3.42. The smallest absolute Gasteiger partial charge is 0.177 e. The molecule has 0 spiro atoms. The SMILES string of the molecule is CS(=O)(=O)c1cncc(-c2cc(NCc3ccccc3)c3c(-c4cccc(F)c4)ccn3n2)c1. The Kier molecular flexibility index (Phi) is 5.59. The van der Waals surface area contributed by atoms with Crippen LogP contribution in [0.5, 0.6) is 0 Å². The second kappa shape index (κ2) is 8.72. The standard InChI is InChI=1S/C26H21FN4O2S/c1-34(32,33)22-13-20(16-28-17-22)24-14-25(29-15-18-6-3-2-4-7-18)26-23(10-11-31(26)30-24)19-8-5-9-21(27)12-19/h2-14,16-17,29H,15H2,1H3. The highest BCUT2D eigenvalue weighted by Crippen LogP contribution is 2.33. The molecule has 8 heteroatoms. The average Bonchev–Trinajstić information content (AvgIpc) is 3.27. The van der Waals surface area contributed by atoms with Gasteiger partial charge in [-0.2, -0.15) is 5.10 Å². The molecule has 1 N–H and O–H groups in total. The number of anilines is 1. The van der Waals surface area contributed by atoms with Crippen molar-refractivity contribution in [3.63, 3.8) is 0 Å². The van der Waals surface area contributed by atoms with Crippen LogP contribution in [0, 0.1) is 5.82 Å². The molecule has 3 aromatic heterocycles. The predicted octanol–water partition coefficient (Wildman–Crippen LogP) is 5.22. The minimum absolute atomic E-state index is 0.124. The first-order valence-corrected chi connectivity index (χ1v) is 12.5. The van der Waals surface area contributed by atoms with Gasteiger partial charge in [0, 0.05) is 42.5 Å². The zero-order valence-corrected chi connectivity index (χ0v) is 19.1. The Bertz CT molecular complexity index is 1600. The van der Waals surface area contributed by atoms with E-state index >= 15 is 0 Å². The van der Waals surface area contributed by atoms with Gasteiger partial charge in [0.2, 0.25) is 0 Å². The molecule has 0 amide bonds. The zero-order chi connectivity index (χ0) is 23.7. The molecule has 0 radical (unpaired) electrons. The van der Waals surface area contributed by atoms with Crippen LogP contribution < -0.4 is 5.32 Å². The second-order valence-corrected chi connectivity index (χ2v) is 10.0. The maximum Gasteiger partial charge on any atom is 0.177 e. The third kappa shape index (κ3) is 4.40. The Morgan fingerprint density at radius 2 is 1.76 bits per heavy atom. The Morgan fingerprint density at radius 1 is 0.941 bits per heavy atom. The minimum atomic E-state index is -3.42. The van der Waals surface area contributed by atoms with Gasteiger partial charge in [-0.15, -0.1) is 0 Å². The van der Waals surface area contributed by atoms with E-state index in [0.717, 1.165) is 34.2 Å². The highest BCUT2D eigenvalue weighted by atomic mass is 32.2. The van der Waals surface area contributed by atoms with Gasteiger partial charge in [-0.25, -0.2) is 17.3 Å². The van der Waals surface area contributed by atoms with E-state index in [2.05, 4.69) is 10.3 Å². The molecule has 2 aromatic carbocycles. The van der Waals surface area contributed by atoms with Crippen molar-refractivity contribution in [1.29, 1.82) is 0 Å². The molecule has 0 aliphatic heterocycles. The van der Waals surface area contributed by atoms with Crippen LogP contribution in [0.3, 0.4) is 0 Å². The fourth-order valence-corrected chi connectivity index (χ4v) is 4.44. The van der Waals surface area contributed by atoms with Crippen molar-refractivity contribution >= 4 is 21.0 Å². The van der Waals surface area contributed by atoms with Gasteiger partial charge in [-0.05, 0) is 41.5 Å². The first-order chi connectivity index (χ1) is 16.4. The molecular weight excluding hydrogens is 451 g/mol.